The summed E-state index contributed by atoms with van der Waals surface area (Å²) in [5.74, 6) is 0. The molecule has 14 heavy (non-hydrogen) atoms. The highest BCUT2D eigenvalue weighted by Crippen LogP contribution is 2.34. The molecular formula is C11H23NO2. The Morgan fingerprint density at radius 3 is 2.07 bits per heavy atom. The molecular weight excluding hydrogens is 178 g/mol. The summed E-state index contributed by atoms with van der Waals surface area (Å²) in [5, 5.41) is 0. The third kappa shape index (κ3) is 2.47. The van der Waals surface area contributed by atoms with Crippen LogP contribution in [0.3, 0.4) is 0 Å². The van der Waals surface area contributed by atoms with E-state index in [1.54, 1.807) is 0 Å². The van der Waals surface area contributed by atoms with Gasteiger partial charge in [-0.15, -0.1) is 0 Å². The molecule has 0 saturated carbocycles. The van der Waals surface area contributed by atoms with Crippen LogP contribution in [0.4, 0.5) is 0 Å². The predicted molar refractivity (Wildman–Crippen MR) is 57.2 cm³/mol. The molecule has 0 spiro atoms. The largest absolute Gasteiger partial charge is 0.377 e. The van der Waals surface area contributed by atoms with Crippen LogP contribution < -0.4 is 5.73 Å². The Bertz CT molecular complexity index is 196. The quantitative estimate of drug-likeness (QED) is 0.737. The topological polar surface area (TPSA) is 44.5 Å². The molecule has 0 unspecified atom stereocenters. The Morgan fingerprint density at radius 1 is 1.14 bits per heavy atom. The average Bonchev–Trinajstić information content (AvgIpc) is 2.33. The van der Waals surface area contributed by atoms with Crippen LogP contribution in [0.1, 0.15) is 34.6 Å². The summed E-state index contributed by atoms with van der Waals surface area (Å²) in [6.45, 7) is 12.0. The van der Waals surface area contributed by atoms with Crippen molar-refractivity contribution in [3.63, 3.8) is 0 Å². The van der Waals surface area contributed by atoms with E-state index >= 15 is 0 Å². The summed E-state index contributed by atoms with van der Waals surface area (Å²) in [4.78, 5) is 0. The van der Waals surface area contributed by atoms with Crippen molar-refractivity contribution in [2.45, 2.75) is 52.4 Å². The van der Waals surface area contributed by atoms with Gasteiger partial charge in [-0.05, 0) is 19.3 Å². The average molecular weight is 201 g/mol. The summed E-state index contributed by atoms with van der Waals surface area (Å²) in [7, 11) is 0. The molecule has 0 aromatic carbocycles. The van der Waals surface area contributed by atoms with E-state index in [9.17, 15) is 0 Å². The van der Waals surface area contributed by atoms with Gasteiger partial charge in [0.25, 0.3) is 0 Å². The Morgan fingerprint density at radius 2 is 1.71 bits per heavy atom. The molecule has 1 saturated heterocycles. The summed E-state index contributed by atoms with van der Waals surface area (Å²) < 4.78 is 11.3. The van der Waals surface area contributed by atoms with Crippen molar-refractivity contribution < 1.29 is 9.47 Å². The van der Waals surface area contributed by atoms with E-state index in [-0.39, 0.29) is 23.2 Å². The zero-order valence-electron chi connectivity index (χ0n) is 9.96. The second-order valence-corrected chi connectivity index (χ2v) is 5.62. The maximum Gasteiger partial charge on any atom is 0.0988 e. The zero-order chi connectivity index (χ0) is 11.0. The lowest BCUT2D eigenvalue weighted by molar-refractivity contribution is -0.132. The van der Waals surface area contributed by atoms with Crippen LogP contribution in [0.15, 0.2) is 0 Å². The molecule has 1 fully saturated rings. The molecule has 1 rings (SSSR count). The minimum atomic E-state index is -0.178. The molecule has 2 N–H and O–H groups in total. The first-order chi connectivity index (χ1) is 6.24. The highest BCUT2D eigenvalue weighted by atomic mass is 16.6. The van der Waals surface area contributed by atoms with Gasteiger partial charge in [-0.3, -0.25) is 0 Å². The molecule has 3 nitrogen and oxygen atoms in total. The Hall–Kier alpha value is -0.120. The standard InChI is InChI=1S/C11H23NO2/c1-10(2,3)11(4,5)14-9-7-13-6-8(9)12/h8-9H,6-7,12H2,1-5H3/t8-,9+/m1/s1. The first-order valence-corrected chi connectivity index (χ1v) is 5.25. The molecule has 1 aliphatic heterocycles. The molecule has 1 heterocycles. The van der Waals surface area contributed by atoms with Crippen LogP contribution in [0, 0.1) is 5.41 Å². The monoisotopic (exact) mass is 201 g/mol. The first kappa shape index (κ1) is 12.0. The van der Waals surface area contributed by atoms with Crippen LogP contribution in [0.2, 0.25) is 0 Å². The van der Waals surface area contributed by atoms with Crippen molar-refractivity contribution in [3.05, 3.63) is 0 Å². The molecule has 0 amide bonds. The van der Waals surface area contributed by atoms with Gasteiger partial charge >= 0.3 is 0 Å². The van der Waals surface area contributed by atoms with E-state index in [1.807, 2.05) is 0 Å². The lowest BCUT2D eigenvalue weighted by Gasteiger charge is -2.41. The van der Waals surface area contributed by atoms with Gasteiger partial charge in [0.2, 0.25) is 0 Å². The van der Waals surface area contributed by atoms with Gasteiger partial charge in [0, 0.05) is 0 Å². The summed E-state index contributed by atoms with van der Waals surface area (Å²) >= 11 is 0. The highest BCUT2D eigenvalue weighted by molar-refractivity contribution is 4.88. The van der Waals surface area contributed by atoms with Crippen molar-refractivity contribution in [2.24, 2.45) is 11.1 Å². The molecule has 0 aliphatic carbocycles. The fraction of sp³-hybridized carbons (Fsp3) is 1.00. The van der Waals surface area contributed by atoms with Crippen molar-refractivity contribution in [3.8, 4) is 0 Å². The van der Waals surface area contributed by atoms with Crippen LogP contribution in [-0.2, 0) is 9.47 Å². The van der Waals surface area contributed by atoms with E-state index < -0.39 is 0 Å². The molecule has 0 aromatic heterocycles. The Balaban J connectivity index is 2.58. The fourth-order valence-electron chi connectivity index (χ4n) is 1.23. The maximum absolute atomic E-state index is 6.03. The highest BCUT2D eigenvalue weighted by Gasteiger charge is 2.39. The van der Waals surface area contributed by atoms with Gasteiger partial charge < -0.3 is 15.2 Å². The number of rotatable bonds is 2. The zero-order valence-corrected chi connectivity index (χ0v) is 9.96. The smallest absolute Gasteiger partial charge is 0.0988 e. The van der Waals surface area contributed by atoms with Crippen molar-refractivity contribution in [2.75, 3.05) is 13.2 Å². The van der Waals surface area contributed by atoms with Crippen LogP contribution in [0.5, 0.6) is 0 Å². The Kier molecular flexibility index (Phi) is 3.24. The third-order valence-corrected chi connectivity index (χ3v) is 3.32. The van der Waals surface area contributed by atoms with Gasteiger partial charge in [0.1, 0.15) is 0 Å². The molecule has 2 atom stereocenters. The van der Waals surface area contributed by atoms with Gasteiger partial charge in [0.15, 0.2) is 0 Å². The third-order valence-electron chi connectivity index (χ3n) is 3.32. The molecule has 84 valence electrons. The minimum absolute atomic E-state index is 0.0247. The van der Waals surface area contributed by atoms with E-state index in [2.05, 4.69) is 34.6 Å². The number of ether oxygens (including phenoxy) is 2. The van der Waals surface area contributed by atoms with Crippen LogP contribution in [0.25, 0.3) is 0 Å². The maximum atomic E-state index is 6.03. The van der Waals surface area contributed by atoms with Crippen LogP contribution >= 0.6 is 0 Å². The number of hydrogen-bond acceptors (Lipinski definition) is 3. The van der Waals surface area contributed by atoms with E-state index in [4.69, 9.17) is 15.2 Å². The SMILES string of the molecule is CC(C)(C)C(C)(C)O[C@H]1COC[C@H]1N. The Labute approximate surface area is 86.9 Å². The molecule has 0 radical (unpaired) electrons. The summed E-state index contributed by atoms with van der Waals surface area (Å²) in [6.07, 6.45) is 0.0456. The predicted octanol–water partition coefficient (Wildman–Crippen LogP) is 1.55. The van der Waals surface area contributed by atoms with Gasteiger partial charge in [-0.1, -0.05) is 20.8 Å². The summed E-state index contributed by atoms with van der Waals surface area (Å²) in [6, 6.07) is 0.0247. The lowest BCUT2D eigenvalue weighted by atomic mass is 9.79. The van der Waals surface area contributed by atoms with Crippen LogP contribution in [-0.4, -0.2) is 31.0 Å². The molecule has 0 bridgehead atoms. The molecule has 3 heteroatoms. The molecule has 0 aromatic rings. The van der Waals surface area contributed by atoms with Crippen molar-refractivity contribution in [1.82, 2.24) is 0 Å². The fourth-order valence-corrected chi connectivity index (χ4v) is 1.23. The number of nitrogens with two attached hydrogens (primary N) is 1. The van der Waals surface area contributed by atoms with E-state index in [0.29, 0.717) is 13.2 Å². The minimum Gasteiger partial charge on any atom is -0.377 e. The van der Waals surface area contributed by atoms with E-state index in [1.165, 1.54) is 0 Å². The van der Waals surface area contributed by atoms with Crippen molar-refractivity contribution >= 4 is 0 Å². The van der Waals surface area contributed by atoms with Crippen molar-refractivity contribution in [1.29, 1.82) is 0 Å². The molecule has 1 aliphatic rings. The van der Waals surface area contributed by atoms with E-state index in [0.717, 1.165) is 0 Å². The number of hydrogen-bond donors (Lipinski definition) is 1. The van der Waals surface area contributed by atoms with Gasteiger partial charge in [-0.2, -0.15) is 0 Å². The van der Waals surface area contributed by atoms with Gasteiger partial charge in [0.05, 0.1) is 31.0 Å². The summed E-state index contributed by atoms with van der Waals surface area (Å²) in [5.41, 5.74) is 5.81. The normalized spacial score (nSPS) is 29.6. The second-order valence-electron chi connectivity index (χ2n) is 5.62. The van der Waals surface area contributed by atoms with Gasteiger partial charge in [-0.25, -0.2) is 0 Å². The second kappa shape index (κ2) is 3.80. The first-order valence-electron chi connectivity index (χ1n) is 5.25. The lowest BCUT2D eigenvalue weighted by Crippen LogP contribution is -2.47.